The molecule has 92 valence electrons. The summed E-state index contributed by atoms with van der Waals surface area (Å²) in [4.78, 5) is 10.9. The first kappa shape index (κ1) is 14.9. The highest BCUT2D eigenvalue weighted by atomic mass is 16.5. The fourth-order valence-electron chi connectivity index (χ4n) is 1.34. The van der Waals surface area contributed by atoms with Crippen LogP contribution in [0.2, 0.25) is 0 Å². The Bertz CT molecular complexity index is 217. The zero-order valence-electron chi connectivity index (χ0n) is 10.6. The molecule has 0 fully saturated rings. The van der Waals surface area contributed by atoms with Gasteiger partial charge in [-0.1, -0.05) is 44.4 Å². The lowest BCUT2D eigenvalue weighted by Gasteiger charge is -1.94. The molecule has 0 aromatic rings. The number of allylic oxidation sites excluding steroid dienone is 3. The highest BCUT2D eigenvalue weighted by molar-refractivity contribution is 5.81. The maximum Gasteiger partial charge on any atom is 0.330 e. The molecule has 0 unspecified atom stereocenters. The Morgan fingerprint density at radius 1 is 1.06 bits per heavy atom. The summed E-state index contributed by atoms with van der Waals surface area (Å²) in [6, 6.07) is 0. The third-order valence-electron chi connectivity index (χ3n) is 2.20. The van der Waals surface area contributed by atoms with E-state index in [9.17, 15) is 4.79 Å². The summed E-state index contributed by atoms with van der Waals surface area (Å²) in [7, 11) is 0. The number of esters is 1. The van der Waals surface area contributed by atoms with E-state index in [1.165, 1.54) is 31.8 Å². The number of hydrogen-bond donors (Lipinski definition) is 0. The molecule has 0 bridgehead atoms. The monoisotopic (exact) mass is 224 g/mol. The van der Waals surface area contributed by atoms with Crippen LogP contribution >= 0.6 is 0 Å². The lowest BCUT2D eigenvalue weighted by molar-refractivity contribution is -0.137. The van der Waals surface area contributed by atoms with Gasteiger partial charge in [-0.2, -0.15) is 0 Å². The normalized spacial score (nSPS) is 11.4. The fraction of sp³-hybridized carbons (Fsp3) is 0.643. The molecule has 0 radical (unpaired) electrons. The van der Waals surface area contributed by atoms with Crippen LogP contribution in [0.25, 0.3) is 0 Å². The molecule has 2 nitrogen and oxygen atoms in total. The number of rotatable bonds is 9. The van der Waals surface area contributed by atoms with E-state index in [4.69, 9.17) is 4.74 Å². The Hall–Kier alpha value is -1.05. The summed E-state index contributed by atoms with van der Waals surface area (Å²) in [5, 5.41) is 0. The lowest BCUT2D eigenvalue weighted by atomic mass is 10.1. The zero-order chi connectivity index (χ0) is 12.1. The van der Waals surface area contributed by atoms with Gasteiger partial charge in [0.25, 0.3) is 0 Å². The maximum absolute atomic E-state index is 10.9. The molecule has 0 aromatic carbocycles. The first-order valence-corrected chi connectivity index (χ1v) is 6.29. The second-order valence-electron chi connectivity index (χ2n) is 3.71. The molecule has 0 saturated heterocycles. The third-order valence-corrected chi connectivity index (χ3v) is 2.20. The van der Waals surface area contributed by atoms with Gasteiger partial charge >= 0.3 is 5.97 Å². The smallest absolute Gasteiger partial charge is 0.330 e. The van der Waals surface area contributed by atoms with Gasteiger partial charge in [0.1, 0.15) is 0 Å². The average molecular weight is 224 g/mol. The van der Waals surface area contributed by atoms with Crippen LogP contribution in [-0.4, -0.2) is 12.6 Å². The van der Waals surface area contributed by atoms with Crippen molar-refractivity contribution in [1.82, 2.24) is 0 Å². The number of carbonyl (C=O) groups is 1. The molecule has 0 aliphatic carbocycles. The maximum atomic E-state index is 10.9. The molecular formula is C14H24O2. The molecule has 2 heteroatoms. The van der Waals surface area contributed by atoms with Crippen molar-refractivity contribution in [2.45, 2.75) is 52.4 Å². The van der Waals surface area contributed by atoms with Gasteiger partial charge in [0.2, 0.25) is 0 Å². The Morgan fingerprint density at radius 2 is 1.88 bits per heavy atom. The van der Waals surface area contributed by atoms with Gasteiger partial charge in [0.05, 0.1) is 6.61 Å². The van der Waals surface area contributed by atoms with E-state index < -0.39 is 0 Å². The molecule has 0 saturated carbocycles. The van der Waals surface area contributed by atoms with Crippen LogP contribution in [-0.2, 0) is 9.53 Å². The van der Waals surface area contributed by atoms with Crippen LogP contribution in [0.4, 0.5) is 0 Å². The third kappa shape index (κ3) is 11.0. The molecule has 0 N–H and O–H groups in total. The fourth-order valence-corrected chi connectivity index (χ4v) is 1.34. The summed E-state index contributed by atoms with van der Waals surface area (Å²) in [5.74, 6) is -0.251. The van der Waals surface area contributed by atoms with Gasteiger partial charge in [-0.25, -0.2) is 4.79 Å². The van der Waals surface area contributed by atoms with Crippen molar-refractivity contribution in [3.63, 3.8) is 0 Å². The van der Waals surface area contributed by atoms with Crippen molar-refractivity contribution < 1.29 is 9.53 Å². The quantitative estimate of drug-likeness (QED) is 0.256. The Balaban J connectivity index is 3.36. The van der Waals surface area contributed by atoms with Gasteiger partial charge in [-0.3, -0.25) is 0 Å². The molecule has 0 aromatic heterocycles. The number of ether oxygens (including phenoxy) is 1. The van der Waals surface area contributed by atoms with Gasteiger partial charge in [-0.15, -0.1) is 0 Å². The van der Waals surface area contributed by atoms with Crippen LogP contribution in [0.1, 0.15) is 52.4 Å². The van der Waals surface area contributed by atoms with Gasteiger partial charge in [-0.05, 0) is 26.2 Å². The Morgan fingerprint density at radius 3 is 2.56 bits per heavy atom. The largest absolute Gasteiger partial charge is 0.463 e. The van der Waals surface area contributed by atoms with Crippen molar-refractivity contribution in [3.05, 3.63) is 24.3 Å². The van der Waals surface area contributed by atoms with Crippen LogP contribution in [0, 0.1) is 0 Å². The molecule has 0 heterocycles. The Kier molecular flexibility index (Phi) is 11.2. The minimum absolute atomic E-state index is 0.251. The van der Waals surface area contributed by atoms with Crippen molar-refractivity contribution >= 4 is 5.97 Å². The summed E-state index contributed by atoms with van der Waals surface area (Å²) < 4.78 is 4.76. The molecular weight excluding hydrogens is 200 g/mol. The van der Waals surface area contributed by atoms with Gasteiger partial charge in [0, 0.05) is 6.08 Å². The molecule has 0 aliphatic rings. The van der Waals surface area contributed by atoms with E-state index in [0.29, 0.717) is 6.61 Å². The SMILES string of the molecule is CCCCCCC=CCC=CC(=O)OCC. The van der Waals surface area contributed by atoms with Crippen molar-refractivity contribution in [2.75, 3.05) is 6.61 Å². The van der Waals surface area contributed by atoms with Crippen molar-refractivity contribution in [1.29, 1.82) is 0 Å². The van der Waals surface area contributed by atoms with Crippen LogP contribution < -0.4 is 0 Å². The zero-order valence-corrected chi connectivity index (χ0v) is 10.6. The van der Waals surface area contributed by atoms with E-state index in [0.717, 1.165) is 12.8 Å². The summed E-state index contributed by atoms with van der Waals surface area (Å²) in [5.41, 5.74) is 0. The second-order valence-corrected chi connectivity index (χ2v) is 3.71. The van der Waals surface area contributed by atoms with E-state index in [1.54, 1.807) is 0 Å². The van der Waals surface area contributed by atoms with E-state index in [1.807, 2.05) is 13.0 Å². The molecule has 16 heavy (non-hydrogen) atoms. The van der Waals surface area contributed by atoms with E-state index >= 15 is 0 Å². The highest BCUT2D eigenvalue weighted by Gasteiger charge is 1.90. The molecule has 0 atom stereocenters. The van der Waals surface area contributed by atoms with Gasteiger partial charge in [0.15, 0.2) is 0 Å². The summed E-state index contributed by atoms with van der Waals surface area (Å²) in [6.07, 6.45) is 14.8. The predicted molar refractivity (Wildman–Crippen MR) is 68.3 cm³/mol. The number of carbonyl (C=O) groups excluding carboxylic acids is 1. The molecule has 0 spiro atoms. The average Bonchev–Trinajstić information content (AvgIpc) is 2.27. The minimum atomic E-state index is -0.251. The first-order chi connectivity index (χ1) is 7.81. The Labute approximate surface area is 99.4 Å². The number of unbranched alkanes of at least 4 members (excludes halogenated alkanes) is 4. The molecule has 0 rings (SSSR count). The van der Waals surface area contributed by atoms with Crippen LogP contribution in [0.15, 0.2) is 24.3 Å². The summed E-state index contributed by atoms with van der Waals surface area (Å²) in [6.45, 7) is 4.47. The van der Waals surface area contributed by atoms with E-state index in [2.05, 4.69) is 19.1 Å². The lowest BCUT2D eigenvalue weighted by Crippen LogP contribution is -1.98. The van der Waals surface area contributed by atoms with Crippen molar-refractivity contribution in [3.8, 4) is 0 Å². The highest BCUT2D eigenvalue weighted by Crippen LogP contribution is 2.03. The molecule has 0 aliphatic heterocycles. The van der Waals surface area contributed by atoms with Crippen LogP contribution in [0.5, 0.6) is 0 Å². The summed E-state index contributed by atoms with van der Waals surface area (Å²) >= 11 is 0. The minimum Gasteiger partial charge on any atom is -0.463 e. The van der Waals surface area contributed by atoms with Crippen LogP contribution in [0.3, 0.4) is 0 Å². The standard InChI is InChI=1S/C14H24O2/c1-3-5-6-7-8-9-10-11-12-13-14(15)16-4-2/h9-10,12-13H,3-8,11H2,1-2H3. The molecule has 0 amide bonds. The first-order valence-electron chi connectivity index (χ1n) is 6.29. The van der Waals surface area contributed by atoms with Gasteiger partial charge < -0.3 is 4.74 Å². The second kappa shape index (κ2) is 12.0. The topological polar surface area (TPSA) is 26.3 Å². The predicted octanol–water partition coefficient (Wildman–Crippen LogP) is 4.02. The van der Waals surface area contributed by atoms with Crippen molar-refractivity contribution in [2.24, 2.45) is 0 Å². The number of hydrogen-bond acceptors (Lipinski definition) is 2. The van der Waals surface area contributed by atoms with E-state index in [-0.39, 0.29) is 5.97 Å².